The van der Waals surface area contributed by atoms with Crippen LogP contribution in [0.15, 0.2) is 22.5 Å². The van der Waals surface area contributed by atoms with Crippen molar-refractivity contribution in [2.75, 3.05) is 20.1 Å². The van der Waals surface area contributed by atoms with Crippen molar-refractivity contribution in [3.63, 3.8) is 0 Å². The molecule has 0 amide bonds. The third-order valence-electron chi connectivity index (χ3n) is 1.98. The van der Waals surface area contributed by atoms with Gasteiger partial charge in [0.05, 0.1) is 0 Å². The molecule has 0 radical (unpaired) electrons. The average Bonchev–Trinajstić information content (AvgIpc) is 2.67. The van der Waals surface area contributed by atoms with E-state index in [1.165, 1.54) is 4.88 Å². The predicted octanol–water partition coefficient (Wildman–Crippen LogP) is 1.56. The van der Waals surface area contributed by atoms with Gasteiger partial charge in [0.2, 0.25) is 0 Å². The zero-order valence-corrected chi connectivity index (χ0v) is 9.55. The molecule has 0 aliphatic heterocycles. The van der Waals surface area contributed by atoms with E-state index in [9.17, 15) is 0 Å². The van der Waals surface area contributed by atoms with E-state index < -0.39 is 0 Å². The molecule has 0 atom stereocenters. The molecule has 0 spiro atoms. The molecule has 78 valence electrons. The highest BCUT2D eigenvalue weighted by atomic mass is 32.1. The summed E-state index contributed by atoms with van der Waals surface area (Å²) in [5, 5.41) is 2.10. The Morgan fingerprint density at radius 2 is 2.43 bits per heavy atom. The van der Waals surface area contributed by atoms with Crippen molar-refractivity contribution in [1.82, 2.24) is 4.90 Å². The fourth-order valence-electron chi connectivity index (χ4n) is 1.13. The van der Waals surface area contributed by atoms with E-state index in [1.807, 2.05) is 18.9 Å². The second-order valence-electron chi connectivity index (χ2n) is 3.08. The first-order chi connectivity index (χ1) is 6.74. The van der Waals surface area contributed by atoms with E-state index in [4.69, 9.17) is 5.73 Å². The molecular weight excluding hydrogens is 194 g/mol. The molecule has 1 heterocycles. The molecular formula is C10H17N3S. The summed E-state index contributed by atoms with van der Waals surface area (Å²) in [6, 6.07) is 4.22. The minimum atomic E-state index is 0.629. The molecule has 2 N–H and O–H groups in total. The Morgan fingerprint density at radius 3 is 3.00 bits per heavy atom. The smallest absolute Gasteiger partial charge is 0.190 e. The van der Waals surface area contributed by atoms with Crippen LogP contribution in [0.25, 0.3) is 0 Å². The fourth-order valence-corrected chi connectivity index (χ4v) is 1.83. The van der Waals surface area contributed by atoms with Crippen molar-refractivity contribution in [2.45, 2.75) is 13.3 Å². The summed E-state index contributed by atoms with van der Waals surface area (Å²) in [5.74, 6) is 0.629. The topological polar surface area (TPSA) is 41.6 Å². The average molecular weight is 211 g/mol. The zero-order valence-electron chi connectivity index (χ0n) is 8.73. The van der Waals surface area contributed by atoms with Gasteiger partial charge in [0.25, 0.3) is 0 Å². The Labute approximate surface area is 89.3 Å². The van der Waals surface area contributed by atoms with Crippen LogP contribution in [0.2, 0.25) is 0 Å². The van der Waals surface area contributed by atoms with Crippen LogP contribution in [0.3, 0.4) is 0 Å². The lowest BCUT2D eigenvalue weighted by atomic mass is 10.3. The van der Waals surface area contributed by atoms with E-state index in [0.29, 0.717) is 5.96 Å². The number of aliphatic imine (C=N–C) groups is 1. The highest BCUT2D eigenvalue weighted by Gasteiger charge is 2.01. The number of thiophene rings is 1. The van der Waals surface area contributed by atoms with Crippen LogP contribution >= 0.6 is 11.3 Å². The van der Waals surface area contributed by atoms with Gasteiger partial charge >= 0.3 is 0 Å². The van der Waals surface area contributed by atoms with Gasteiger partial charge in [-0.15, -0.1) is 11.3 Å². The summed E-state index contributed by atoms with van der Waals surface area (Å²) in [5.41, 5.74) is 5.75. The highest BCUT2D eigenvalue weighted by Crippen LogP contribution is 2.09. The van der Waals surface area contributed by atoms with E-state index in [-0.39, 0.29) is 0 Å². The molecule has 0 aliphatic rings. The zero-order chi connectivity index (χ0) is 10.4. The summed E-state index contributed by atoms with van der Waals surface area (Å²) >= 11 is 1.78. The summed E-state index contributed by atoms with van der Waals surface area (Å²) in [6.07, 6.45) is 1.04. The number of likely N-dealkylation sites (N-methyl/N-ethyl adjacent to an activating group) is 1. The summed E-state index contributed by atoms with van der Waals surface area (Å²) in [6.45, 7) is 3.66. The highest BCUT2D eigenvalue weighted by molar-refractivity contribution is 7.09. The van der Waals surface area contributed by atoms with Crippen molar-refractivity contribution in [1.29, 1.82) is 0 Å². The van der Waals surface area contributed by atoms with Crippen molar-refractivity contribution in [2.24, 2.45) is 10.7 Å². The molecule has 3 nitrogen and oxygen atoms in total. The van der Waals surface area contributed by atoms with Gasteiger partial charge in [0, 0.05) is 25.0 Å². The summed E-state index contributed by atoms with van der Waals surface area (Å²) in [7, 11) is 1.97. The fraction of sp³-hybridized carbons (Fsp3) is 0.500. The Balaban J connectivity index is 2.34. The van der Waals surface area contributed by atoms with Gasteiger partial charge in [-0.3, -0.25) is 4.99 Å². The Kier molecular flexibility index (Phi) is 4.46. The molecule has 4 heteroatoms. The molecule has 0 aromatic carbocycles. The maximum atomic E-state index is 5.75. The first-order valence-corrected chi connectivity index (χ1v) is 5.65. The number of nitrogens with two attached hydrogens (primary N) is 1. The van der Waals surface area contributed by atoms with Crippen molar-refractivity contribution in [3.05, 3.63) is 22.4 Å². The minimum Gasteiger partial charge on any atom is -0.370 e. The molecule has 0 bridgehead atoms. The van der Waals surface area contributed by atoms with Crippen LogP contribution in [0.5, 0.6) is 0 Å². The molecule has 0 aliphatic carbocycles. The number of nitrogens with zero attached hydrogens (tertiary/aromatic N) is 2. The quantitative estimate of drug-likeness (QED) is 0.606. The van der Waals surface area contributed by atoms with Gasteiger partial charge in [0.1, 0.15) is 0 Å². The summed E-state index contributed by atoms with van der Waals surface area (Å²) < 4.78 is 0. The minimum absolute atomic E-state index is 0.629. The first kappa shape index (κ1) is 11.0. The number of hydrogen-bond donors (Lipinski definition) is 1. The Hall–Kier alpha value is -1.03. The Bertz CT molecular complexity index is 280. The third-order valence-corrected chi connectivity index (χ3v) is 2.92. The lowest BCUT2D eigenvalue weighted by Gasteiger charge is -2.17. The van der Waals surface area contributed by atoms with Crippen LogP contribution < -0.4 is 5.73 Å². The van der Waals surface area contributed by atoms with Gasteiger partial charge in [-0.2, -0.15) is 0 Å². The predicted molar refractivity (Wildman–Crippen MR) is 62.8 cm³/mol. The lowest BCUT2D eigenvalue weighted by Crippen LogP contribution is -2.35. The van der Waals surface area contributed by atoms with Crippen LogP contribution in [-0.2, 0) is 6.42 Å². The second kappa shape index (κ2) is 5.65. The van der Waals surface area contributed by atoms with Gasteiger partial charge in [-0.1, -0.05) is 6.07 Å². The molecule has 0 saturated heterocycles. The standard InChI is InChI=1S/C10H17N3S/c1-3-12-10(11)13(2)7-6-9-5-4-8-14-9/h4-5,8H,3,6-7H2,1-2H3,(H2,11,12). The van der Waals surface area contributed by atoms with E-state index in [0.717, 1.165) is 19.5 Å². The van der Waals surface area contributed by atoms with Crippen molar-refractivity contribution >= 4 is 17.3 Å². The first-order valence-electron chi connectivity index (χ1n) is 4.77. The molecule has 1 aromatic heterocycles. The maximum absolute atomic E-state index is 5.75. The largest absolute Gasteiger partial charge is 0.370 e. The molecule has 0 unspecified atom stereocenters. The SMILES string of the molecule is CCN=C(N)N(C)CCc1cccs1. The number of hydrogen-bond acceptors (Lipinski definition) is 2. The second-order valence-corrected chi connectivity index (χ2v) is 4.12. The van der Waals surface area contributed by atoms with Crippen LogP contribution in [0, 0.1) is 0 Å². The summed E-state index contributed by atoms with van der Waals surface area (Å²) in [4.78, 5) is 7.53. The lowest BCUT2D eigenvalue weighted by molar-refractivity contribution is 0.502. The van der Waals surface area contributed by atoms with Gasteiger partial charge < -0.3 is 10.6 Å². The molecule has 0 saturated carbocycles. The van der Waals surface area contributed by atoms with E-state index >= 15 is 0 Å². The molecule has 1 aromatic rings. The number of rotatable bonds is 4. The molecule has 14 heavy (non-hydrogen) atoms. The normalized spacial score (nSPS) is 11.7. The Morgan fingerprint density at radius 1 is 1.64 bits per heavy atom. The third kappa shape index (κ3) is 3.38. The van der Waals surface area contributed by atoms with Crippen LogP contribution in [-0.4, -0.2) is 31.0 Å². The van der Waals surface area contributed by atoms with Crippen molar-refractivity contribution in [3.8, 4) is 0 Å². The van der Waals surface area contributed by atoms with Gasteiger partial charge in [0.15, 0.2) is 5.96 Å². The van der Waals surface area contributed by atoms with Gasteiger partial charge in [-0.05, 0) is 24.8 Å². The number of guanidine groups is 1. The van der Waals surface area contributed by atoms with Crippen molar-refractivity contribution < 1.29 is 0 Å². The maximum Gasteiger partial charge on any atom is 0.190 e. The molecule has 0 fully saturated rings. The van der Waals surface area contributed by atoms with Crippen LogP contribution in [0.1, 0.15) is 11.8 Å². The monoisotopic (exact) mass is 211 g/mol. The van der Waals surface area contributed by atoms with Gasteiger partial charge in [-0.25, -0.2) is 0 Å². The van der Waals surface area contributed by atoms with Crippen LogP contribution in [0.4, 0.5) is 0 Å². The van der Waals surface area contributed by atoms with E-state index in [1.54, 1.807) is 11.3 Å². The molecule has 1 rings (SSSR count). The van der Waals surface area contributed by atoms with E-state index in [2.05, 4.69) is 22.5 Å².